The van der Waals surface area contributed by atoms with E-state index in [9.17, 15) is 18.7 Å². The lowest BCUT2D eigenvalue weighted by molar-refractivity contribution is 0.0319. The van der Waals surface area contributed by atoms with Gasteiger partial charge in [0.15, 0.2) is 5.78 Å². The molecule has 190 valence electrons. The molecule has 0 saturated carbocycles. The second-order valence-corrected chi connectivity index (χ2v) is 10.1. The van der Waals surface area contributed by atoms with Gasteiger partial charge >= 0.3 is 0 Å². The van der Waals surface area contributed by atoms with Crippen molar-refractivity contribution in [3.8, 4) is 0 Å². The Hall–Kier alpha value is -3.03. The molecule has 2 aliphatic rings. The summed E-state index contributed by atoms with van der Waals surface area (Å²) < 4.78 is 26.7. The number of nitrogens with one attached hydrogen (secondary N) is 1. The second kappa shape index (κ2) is 10.9. The smallest absolute Gasteiger partial charge is 0.187 e. The summed E-state index contributed by atoms with van der Waals surface area (Å²) in [7, 11) is 0. The van der Waals surface area contributed by atoms with E-state index in [0.717, 1.165) is 70.1 Å². The highest BCUT2D eigenvalue weighted by atomic mass is 19.1. The van der Waals surface area contributed by atoms with Gasteiger partial charge in [-0.2, -0.15) is 0 Å². The topological polar surface area (TPSA) is 59.6 Å². The number of hydrogen-bond donors (Lipinski definition) is 2. The van der Waals surface area contributed by atoms with E-state index in [0.29, 0.717) is 12.5 Å². The number of likely N-dealkylation sites (tertiary alicyclic amines) is 2. The molecule has 36 heavy (non-hydrogen) atoms. The number of fused-ring (bicyclic) bond motifs is 1. The highest BCUT2D eigenvalue weighted by molar-refractivity contribution is 6.04. The number of β-amino-alcohol motifs (C(OH)–C–C–N with tert-alkyl or cyclic N) is 1. The third-order valence-electron chi connectivity index (χ3n) is 7.80. The third-order valence-corrected chi connectivity index (χ3v) is 7.80. The lowest BCUT2D eigenvalue weighted by atomic mass is 9.87. The Labute approximate surface area is 210 Å². The summed E-state index contributed by atoms with van der Waals surface area (Å²) in [4.78, 5) is 20.1. The molecule has 2 aromatic carbocycles. The SMILES string of the molecule is O=C(C=CN1CCC(C(O)CN2CCC(c3c[nH]c4ccccc34)CC2)CC1)c1cc(F)cc(F)c1. The molecule has 2 N–H and O–H groups in total. The third kappa shape index (κ3) is 5.68. The molecule has 0 radical (unpaired) electrons. The maximum atomic E-state index is 13.4. The molecular formula is C29H33F2N3O2. The van der Waals surface area contributed by atoms with E-state index in [4.69, 9.17) is 0 Å². The first kappa shape index (κ1) is 24.7. The van der Waals surface area contributed by atoms with Crippen molar-refractivity contribution >= 4 is 16.7 Å². The molecule has 0 bridgehead atoms. The number of aromatic nitrogens is 1. The van der Waals surface area contributed by atoms with E-state index < -0.39 is 17.4 Å². The van der Waals surface area contributed by atoms with Gasteiger partial charge in [-0.3, -0.25) is 4.79 Å². The number of aliphatic hydroxyl groups excluding tert-OH is 1. The fourth-order valence-electron chi connectivity index (χ4n) is 5.69. The maximum Gasteiger partial charge on any atom is 0.187 e. The zero-order valence-electron chi connectivity index (χ0n) is 20.4. The van der Waals surface area contributed by atoms with E-state index in [1.54, 1.807) is 6.20 Å². The van der Waals surface area contributed by atoms with E-state index >= 15 is 0 Å². The van der Waals surface area contributed by atoms with Crippen molar-refractivity contribution in [3.63, 3.8) is 0 Å². The van der Waals surface area contributed by atoms with Crippen molar-refractivity contribution < 1.29 is 18.7 Å². The zero-order chi connectivity index (χ0) is 25.1. The van der Waals surface area contributed by atoms with Crippen molar-refractivity contribution in [1.82, 2.24) is 14.8 Å². The summed E-state index contributed by atoms with van der Waals surface area (Å²) in [6, 6.07) is 11.3. The lowest BCUT2D eigenvalue weighted by Crippen LogP contribution is -2.43. The first-order chi connectivity index (χ1) is 17.5. The number of ketones is 1. The number of hydrogen-bond acceptors (Lipinski definition) is 4. The monoisotopic (exact) mass is 493 g/mol. The van der Waals surface area contributed by atoms with Crippen LogP contribution < -0.4 is 0 Å². The molecule has 1 atom stereocenters. The minimum atomic E-state index is -0.760. The van der Waals surface area contributed by atoms with Crippen LogP contribution in [0.3, 0.4) is 0 Å². The number of H-pyrrole nitrogens is 1. The molecule has 3 aromatic rings. The van der Waals surface area contributed by atoms with Gasteiger partial charge in [-0.25, -0.2) is 8.78 Å². The van der Waals surface area contributed by atoms with Gasteiger partial charge < -0.3 is 19.9 Å². The number of nitrogens with zero attached hydrogens (tertiary/aromatic N) is 2. The highest BCUT2D eigenvalue weighted by Crippen LogP contribution is 2.33. The Bertz CT molecular complexity index is 1200. The number of carbonyl (C=O) groups is 1. The molecule has 2 fully saturated rings. The molecule has 0 aliphatic carbocycles. The van der Waals surface area contributed by atoms with E-state index in [-0.39, 0.29) is 17.6 Å². The van der Waals surface area contributed by atoms with Gasteiger partial charge in [0.1, 0.15) is 11.6 Å². The van der Waals surface area contributed by atoms with Crippen LogP contribution >= 0.6 is 0 Å². The molecule has 5 nitrogen and oxygen atoms in total. The Morgan fingerprint density at radius 3 is 2.44 bits per heavy atom. The minimum absolute atomic E-state index is 0.00234. The number of halogens is 2. The molecule has 1 aromatic heterocycles. The van der Waals surface area contributed by atoms with Gasteiger partial charge in [-0.15, -0.1) is 0 Å². The molecule has 2 aliphatic heterocycles. The molecule has 0 spiro atoms. The van der Waals surface area contributed by atoms with Crippen LogP contribution in [0.1, 0.15) is 47.5 Å². The van der Waals surface area contributed by atoms with Gasteiger partial charge in [-0.1, -0.05) is 18.2 Å². The molecule has 0 amide bonds. The van der Waals surface area contributed by atoms with Crippen molar-refractivity contribution in [1.29, 1.82) is 0 Å². The van der Waals surface area contributed by atoms with Gasteiger partial charge in [0.2, 0.25) is 0 Å². The molecular weight excluding hydrogens is 460 g/mol. The number of benzene rings is 2. The molecule has 7 heteroatoms. The van der Waals surface area contributed by atoms with Crippen LogP contribution in [0.2, 0.25) is 0 Å². The largest absolute Gasteiger partial charge is 0.392 e. The van der Waals surface area contributed by atoms with Gasteiger partial charge in [0, 0.05) is 60.6 Å². The van der Waals surface area contributed by atoms with Gasteiger partial charge in [-0.05, 0) is 74.4 Å². The maximum absolute atomic E-state index is 13.4. The summed E-state index contributed by atoms with van der Waals surface area (Å²) in [6.07, 6.45) is 8.75. The highest BCUT2D eigenvalue weighted by Gasteiger charge is 2.28. The number of carbonyl (C=O) groups excluding carboxylic acids is 1. The van der Waals surface area contributed by atoms with Crippen molar-refractivity contribution in [3.05, 3.63) is 83.7 Å². The fraction of sp³-hybridized carbons (Fsp3) is 0.414. The van der Waals surface area contributed by atoms with Crippen LogP contribution in [0.15, 0.2) is 60.9 Å². The fourth-order valence-corrected chi connectivity index (χ4v) is 5.69. The standard InChI is InChI=1S/C29H33F2N3O2/c30-23-15-22(16-24(31)17-23)28(35)9-14-33-10-7-21(8-11-33)29(36)19-34-12-5-20(6-13-34)26-18-32-27-4-2-1-3-25(26)27/h1-4,9,14-18,20-21,29,32,36H,5-8,10-13,19H2. The van der Waals surface area contributed by atoms with E-state index in [1.807, 2.05) is 4.90 Å². The minimum Gasteiger partial charge on any atom is -0.392 e. The number of para-hydroxylation sites is 1. The van der Waals surface area contributed by atoms with E-state index in [1.165, 1.54) is 22.5 Å². The number of piperidine rings is 2. The van der Waals surface area contributed by atoms with Gasteiger partial charge in [0.05, 0.1) is 6.10 Å². The van der Waals surface area contributed by atoms with Crippen LogP contribution in [0.4, 0.5) is 8.78 Å². The van der Waals surface area contributed by atoms with Crippen molar-refractivity contribution in [2.75, 3.05) is 32.7 Å². The average Bonchev–Trinajstić information content (AvgIpc) is 3.32. The summed E-state index contributed by atoms with van der Waals surface area (Å²) in [5.41, 5.74) is 2.61. The van der Waals surface area contributed by atoms with Crippen molar-refractivity contribution in [2.24, 2.45) is 5.92 Å². The zero-order valence-corrected chi connectivity index (χ0v) is 20.4. The quantitative estimate of drug-likeness (QED) is 0.355. The summed E-state index contributed by atoms with van der Waals surface area (Å²) >= 11 is 0. The number of aliphatic hydroxyl groups is 1. The average molecular weight is 494 g/mol. The van der Waals surface area contributed by atoms with E-state index in [2.05, 4.69) is 40.3 Å². The number of aromatic amines is 1. The van der Waals surface area contributed by atoms with Crippen LogP contribution in [-0.4, -0.2) is 64.5 Å². The summed E-state index contributed by atoms with van der Waals surface area (Å²) in [6.45, 7) is 4.17. The van der Waals surface area contributed by atoms with Crippen LogP contribution in [0.5, 0.6) is 0 Å². The number of rotatable bonds is 7. The Morgan fingerprint density at radius 2 is 1.72 bits per heavy atom. The predicted molar refractivity (Wildman–Crippen MR) is 137 cm³/mol. The first-order valence-corrected chi connectivity index (χ1v) is 12.9. The predicted octanol–water partition coefficient (Wildman–Crippen LogP) is 5.10. The second-order valence-electron chi connectivity index (χ2n) is 10.1. The van der Waals surface area contributed by atoms with Crippen molar-refractivity contribution in [2.45, 2.75) is 37.7 Å². The Kier molecular flexibility index (Phi) is 7.48. The molecule has 2 saturated heterocycles. The summed E-state index contributed by atoms with van der Waals surface area (Å²) in [5, 5.41) is 12.2. The van der Waals surface area contributed by atoms with Crippen LogP contribution in [0.25, 0.3) is 10.9 Å². The van der Waals surface area contributed by atoms with Crippen LogP contribution in [0, 0.1) is 17.6 Å². The normalized spacial score (nSPS) is 19.4. The van der Waals surface area contributed by atoms with Crippen LogP contribution in [-0.2, 0) is 0 Å². The molecule has 1 unspecified atom stereocenters. The molecule has 5 rings (SSSR count). The lowest BCUT2D eigenvalue weighted by Gasteiger charge is -2.37. The summed E-state index contributed by atoms with van der Waals surface area (Å²) in [5.74, 6) is -1.16. The Balaban J connectivity index is 1.06. The van der Waals surface area contributed by atoms with Gasteiger partial charge in [0.25, 0.3) is 0 Å². The number of allylic oxidation sites excluding steroid dienone is 1. The Morgan fingerprint density at radius 1 is 1.03 bits per heavy atom. The molecule has 3 heterocycles. The first-order valence-electron chi connectivity index (χ1n) is 12.9.